The lowest BCUT2D eigenvalue weighted by Gasteiger charge is -2.21. The predicted octanol–water partition coefficient (Wildman–Crippen LogP) is 5.76. The molecule has 1 unspecified atom stereocenters. The quantitative estimate of drug-likeness (QED) is 0.676. The molecule has 1 N–H and O–H groups in total. The molecule has 0 fully saturated rings. The maximum Gasteiger partial charge on any atom is 0.261 e. The summed E-state index contributed by atoms with van der Waals surface area (Å²) in [5.41, 5.74) is 2.12. The van der Waals surface area contributed by atoms with Crippen molar-refractivity contribution in [1.29, 1.82) is 0 Å². The van der Waals surface area contributed by atoms with Gasteiger partial charge in [-0.25, -0.2) is 0 Å². The second-order valence-electron chi connectivity index (χ2n) is 7.24. The van der Waals surface area contributed by atoms with Gasteiger partial charge in [-0.05, 0) is 47.2 Å². The van der Waals surface area contributed by atoms with E-state index in [1.807, 2.05) is 31.2 Å². The van der Waals surface area contributed by atoms with Crippen LogP contribution in [0.2, 0.25) is 10.0 Å². The lowest BCUT2D eigenvalue weighted by atomic mass is 9.87. The van der Waals surface area contributed by atoms with Crippen LogP contribution < -0.4 is 10.1 Å². The van der Waals surface area contributed by atoms with Crippen molar-refractivity contribution in [3.05, 3.63) is 63.6 Å². The third-order valence-corrected chi connectivity index (χ3v) is 4.72. The second kappa shape index (κ2) is 8.79. The predicted molar refractivity (Wildman–Crippen MR) is 108 cm³/mol. The van der Waals surface area contributed by atoms with E-state index in [9.17, 15) is 4.79 Å². The zero-order valence-corrected chi connectivity index (χ0v) is 17.1. The summed E-state index contributed by atoms with van der Waals surface area (Å²) in [4.78, 5) is 12.5. The molecule has 2 rings (SSSR count). The van der Waals surface area contributed by atoms with E-state index in [4.69, 9.17) is 27.9 Å². The highest BCUT2D eigenvalue weighted by molar-refractivity contribution is 6.35. The summed E-state index contributed by atoms with van der Waals surface area (Å²) >= 11 is 12.0. The molecular formula is C21H25Cl2NO2. The van der Waals surface area contributed by atoms with Crippen molar-refractivity contribution in [2.75, 3.05) is 0 Å². The van der Waals surface area contributed by atoms with Crippen molar-refractivity contribution < 1.29 is 9.53 Å². The van der Waals surface area contributed by atoms with Gasteiger partial charge >= 0.3 is 0 Å². The fraction of sp³-hybridized carbons (Fsp3) is 0.381. The first-order valence-corrected chi connectivity index (χ1v) is 9.45. The van der Waals surface area contributed by atoms with E-state index in [0.29, 0.717) is 28.8 Å². The standard InChI is InChI=1S/C21H25Cl2NO2/c1-5-19(26-17-10-7-15(8-11-17)21(2,3)4)20(25)24-13-14-6-9-16(22)12-18(14)23/h6-12,19H,5,13H2,1-4H3,(H,24,25). The normalized spacial score (nSPS) is 12.5. The highest BCUT2D eigenvalue weighted by atomic mass is 35.5. The van der Waals surface area contributed by atoms with E-state index in [-0.39, 0.29) is 11.3 Å². The van der Waals surface area contributed by atoms with Gasteiger partial charge < -0.3 is 10.1 Å². The molecule has 2 aromatic carbocycles. The van der Waals surface area contributed by atoms with Crippen LogP contribution in [0.4, 0.5) is 0 Å². The van der Waals surface area contributed by atoms with Gasteiger partial charge in [0.15, 0.2) is 6.10 Å². The smallest absolute Gasteiger partial charge is 0.261 e. The minimum atomic E-state index is -0.554. The summed E-state index contributed by atoms with van der Waals surface area (Å²) in [7, 11) is 0. The first-order chi connectivity index (χ1) is 12.2. The van der Waals surface area contributed by atoms with Crippen molar-refractivity contribution in [3.8, 4) is 5.75 Å². The average molecular weight is 394 g/mol. The molecule has 0 bridgehead atoms. The van der Waals surface area contributed by atoms with Crippen LogP contribution >= 0.6 is 23.2 Å². The summed E-state index contributed by atoms with van der Waals surface area (Å²) in [6.45, 7) is 8.73. The van der Waals surface area contributed by atoms with E-state index in [0.717, 1.165) is 5.56 Å². The van der Waals surface area contributed by atoms with Crippen molar-refractivity contribution >= 4 is 29.1 Å². The third-order valence-electron chi connectivity index (χ3n) is 4.13. The number of carbonyl (C=O) groups is 1. The van der Waals surface area contributed by atoms with E-state index in [1.165, 1.54) is 5.56 Å². The molecule has 0 saturated heterocycles. The molecule has 0 aliphatic carbocycles. The van der Waals surface area contributed by atoms with Crippen LogP contribution in [0.5, 0.6) is 5.75 Å². The molecule has 0 aromatic heterocycles. The number of hydrogen-bond donors (Lipinski definition) is 1. The van der Waals surface area contributed by atoms with Crippen molar-refractivity contribution in [2.45, 2.75) is 52.2 Å². The number of hydrogen-bond acceptors (Lipinski definition) is 2. The van der Waals surface area contributed by atoms with Gasteiger partial charge in [0.05, 0.1) is 0 Å². The Kier molecular flexibility index (Phi) is 6.96. The van der Waals surface area contributed by atoms with Crippen molar-refractivity contribution in [3.63, 3.8) is 0 Å². The topological polar surface area (TPSA) is 38.3 Å². The molecule has 2 aromatic rings. The highest BCUT2D eigenvalue weighted by Gasteiger charge is 2.19. The fourth-order valence-electron chi connectivity index (χ4n) is 2.48. The molecule has 5 heteroatoms. The van der Waals surface area contributed by atoms with Gasteiger partial charge in [-0.1, -0.05) is 69.1 Å². The van der Waals surface area contributed by atoms with Gasteiger partial charge in [-0.15, -0.1) is 0 Å². The number of ether oxygens (including phenoxy) is 1. The Morgan fingerprint density at radius 1 is 1.12 bits per heavy atom. The summed E-state index contributed by atoms with van der Waals surface area (Å²) in [6, 6.07) is 13.1. The average Bonchev–Trinajstić information content (AvgIpc) is 2.58. The first kappa shape index (κ1) is 20.6. The molecule has 0 aliphatic heterocycles. The van der Waals surface area contributed by atoms with E-state index in [2.05, 4.69) is 26.1 Å². The van der Waals surface area contributed by atoms with Crippen LogP contribution in [-0.4, -0.2) is 12.0 Å². The highest BCUT2D eigenvalue weighted by Crippen LogP contribution is 2.25. The van der Waals surface area contributed by atoms with E-state index >= 15 is 0 Å². The SMILES string of the molecule is CCC(Oc1ccc(C(C)(C)C)cc1)C(=O)NCc1ccc(Cl)cc1Cl. The Morgan fingerprint density at radius 2 is 1.77 bits per heavy atom. The zero-order chi connectivity index (χ0) is 19.3. The molecule has 1 atom stereocenters. The van der Waals surface area contributed by atoms with E-state index in [1.54, 1.807) is 18.2 Å². The number of amides is 1. The number of carbonyl (C=O) groups excluding carboxylic acids is 1. The van der Waals surface area contributed by atoms with Crippen LogP contribution in [0.15, 0.2) is 42.5 Å². The van der Waals surface area contributed by atoms with Crippen LogP contribution in [0.25, 0.3) is 0 Å². The molecule has 0 spiro atoms. The summed E-state index contributed by atoms with van der Waals surface area (Å²) < 4.78 is 5.86. The van der Waals surface area contributed by atoms with Gasteiger partial charge in [-0.2, -0.15) is 0 Å². The monoisotopic (exact) mass is 393 g/mol. The Bertz CT molecular complexity index is 752. The van der Waals surface area contributed by atoms with Gasteiger partial charge in [0, 0.05) is 16.6 Å². The molecule has 3 nitrogen and oxygen atoms in total. The largest absolute Gasteiger partial charge is 0.481 e. The molecule has 0 saturated carbocycles. The lowest BCUT2D eigenvalue weighted by Crippen LogP contribution is -2.37. The number of rotatable bonds is 6. The molecule has 0 aliphatic rings. The summed E-state index contributed by atoms with van der Waals surface area (Å²) in [5.74, 6) is 0.517. The van der Waals surface area contributed by atoms with Crippen LogP contribution in [0.1, 0.15) is 45.2 Å². The van der Waals surface area contributed by atoms with Gasteiger partial charge in [-0.3, -0.25) is 4.79 Å². The Hall–Kier alpha value is -1.71. The van der Waals surface area contributed by atoms with Gasteiger partial charge in [0.25, 0.3) is 5.91 Å². The zero-order valence-electron chi connectivity index (χ0n) is 15.6. The van der Waals surface area contributed by atoms with Gasteiger partial charge in [0.2, 0.25) is 0 Å². The van der Waals surface area contributed by atoms with E-state index < -0.39 is 6.10 Å². The Labute approximate surface area is 165 Å². The number of benzene rings is 2. The van der Waals surface area contributed by atoms with Crippen LogP contribution in [0.3, 0.4) is 0 Å². The Balaban J connectivity index is 1.98. The molecule has 26 heavy (non-hydrogen) atoms. The third kappa shape index (κ3) is 5.65. The first-order valence-electron chi connectivity index (χ1n) is 8.69. The fourth-order valence-corrected chi connectivity index (χ4v) is 2.96. The Morgan fingerprint density at radius 3 is 2.31 bits per heavy atom. The minimum absolute atomic E-state index is 0.0813. The summed E-state index contributed by atoms with van der Waals surface area (Å²) in [5, 5.41) is 3.97. The minimum Gasteiger partial charge on any atom is -0.481 e. The van der Waals surface area contributed by atoms with Crippen molar-refractivity contribution in [2.24, 2.45) is 0 Å². The molecule has 0 radical (unpaired) electrons. The molecule has 140 valence electrons. The lowest BCUT2D eigenvalue weighted by molar-refractivity contribution is -0.128. The number of nitrogens with one attached hydrogen (secondary N) is 1. The summed E-state index contributed by atoms with van der Waals surface area (Å²) in [6.07, 6.45) is 0.0165. The molecule has 1 amide bonds. The second-order valence-corrected chi connectivity index (χ2v) is 8.09. The van der Waals surface area contributed by atoms with Crippen molar-refractivity contribution in [1.82, 2.24) is 5.32 Å². The van der Waals surface area contributed by atoms with Crippen LogP contribution in [-0.2, 0) is 16.8 Å². The van der Waals surface area contributed by atoms with Gasteiger partial charge in [0.1, 0.15) is 5.75 Å². The molecule has 0 heterocycles. The van der Waals surface area contributed by atoms with Crippen LogP contribution in [0, 0.1) is 0 Å². The maximum absolute atomic E-state index is 12.5. The number of halogens is 2. The molecular weight excluding hydrogens is 369 g/mol. The maximum atomic E-state index is 12.5.